The molecule has 1 aromatic heterocycles. The summed E-state index contributed by atoms with van der Waals surface area (Å²) >= 11 is 1.49. The lowest BCUT2D eigenvalue weighted by atomic mass is 9.88. The molecule has 2 aromatic rings. The molecule has 0 saturated heterocycles. The Morgan fingerprint density at radius 1 is 1.27 bits per heavy atom. The summed E-state index contributed by atoms with van der Waals surface area (Å²) in [4.78, 5) is 13.3. The van der Waals surface area contributed by atoms with Crippen LogP contribution in [-0.2, 0) is 24.0 Å². The second-order valence-electron chi connectivity index (χ2n) is 5.68. The molecule has 0 atom stereocenters. The van der Waals surface area contributed by atoms with Crippen LogP contribution in [0.15, 0.2) is 18.2 Å². The minimum atomic E-state index is -0.346. The number of hydrogen-bond acceptors (Lipinski definition) is 4. The number of esters is 1. The summed E-state index contributed by atoms with van der Waals surface area (Å²) < 4.78 is 4.94. The smallest absolute Gasteiger partial charge is 0.341 e. The van der Waals surface area contributed by atoms with Gasteiger partial charge in [-0.1, -0.05) is 25.1 Å². The Morgan fingerprint density at radius 3 is 2.68 bits per heavy atom. The number of carbonyl (C=O) groups excluding carboxylic acids is 1. The number of aryl methyl sites for hydroxylation is 3. The van der Waals surface area contributed by atoms with Crippen LogP contribution in [-0.4, -0.2) is 13.1 Å². The van der Waals surface area contributed by atoms with Crippen molar-refractivity contribution in [2.24, 2.45) is 0 Å². The van der Waals surface area contributed by atoms with Crippen LogP contribution in [0.5, 0.6) is 0 Å². The second-order valence-corrected chi connectivity index (χ2v) is 6.81. The number of hydrogen-bond donors (Lipinski definition) is 1. The number of nitrogen functional groups attached to an aromatic ring is 1. The van der Waals surface area contributed by atoms with Gasteiger partial charge in [0.2, 0.25) is 0 Å². The van der Waals surface area contributed by atoms with Gasteiger partial charge in [0.15, 0.2) is 0 Å². The molecule has 1 heterocycles. The van der Waals surface area contributed by atoms with Gasteiger partial charge in [-0.05, 0) is 48.8 Å². The maximum atomic E-state index is 12.2. The van der Waals surface area contributed by atoms with Crippen molar-refractivity contribution < 1.29 is 9.53 Å². The van der Waals surface area contributed by atoms with Crippen LogP contribution in [0.25, 0.3) is 11.1 Å². The van der Waals surface area contributed by atoms with Crippen molar-refractivity contribution in [1.29, 1.82) is 0 Å². The Bertz CT molecular complexity index is 718. The predicted octanol–water partition coefficient (Wildman–Crippen LogP) is 4.23. The number of carbonyl (C=O) groups is 1. The van der Waals surface area contributed by atoms with E-state index in [4.69, 9.17) is 10.5 Å². The molecule has 2 N–H and O–H groups in total. The summed E-state index contributed by atoms with van der Waals surface area (Å²) in [5.74, 6) is -0.346. The van der Waals surface area contributed by atoms with Crippen LogP contribution < -0.4 is 5.73 Å². The van der Waals surface area contributed by atoms with Gasteiger partial charge in [0.05, 0.1) is 7.11 Å². The summed E-state index contributed by atoms with van der Waals surface area (Å²) in [6, 6.07) is 6.57. The van der Waals surface area contributed by atoms with E-state index in [1.165, 1.54) is 42.4 Å². The Kier molecular flexibility index (Phi) is 4.21. The normalized spacial score (nSPS) is 13.7. The molecule has 3 rings (SSSR count). The maximum Gasteiger partial charge on any atom is 0.341 e. The highest BCUT2D eigenvalue weighted by Crippen LogP contribution is 2.40. The van der Waals surface area contributed by atoms with Gasteiger partial charge in [0.1, 0.15) is 10.6 Å². The molecule has 22 heavy (non-hydrogen) atoms. The third kappa shape index (κ3) is 2.52. The maximum absolute atomic E-state index is 12.2. The first-order chi connectivity index (χ1) is 10.7. The number of anilines is 1. The molecule has 1 aliphatic carbocycles. The zero-order valence-corrected chi connectivity index (χ0v) is 13.9. The summed E-state index contributed by atoms with van der Waals surface area (Å²) in [7, 11) is 1.40. The molecule has 116 valence electrons. The summed E-state index contributed by atoms with van der Waals surface area (Å²) in [5.41, 5.74) is 11.5. The molecule has 0 radical (unpaired) electrons. The third-order valence-electron chi connectivity index (χ3n) is 4.36. The van der Waals surface area contributed by atoms with E-state index >= 15 is 0 Å². The topological polar surface area (TPSA) is 52.3 Å². The van der Waals surface area contributed by atoms with Crippen LogP contribution >= 0.6 is 11.3 Å². The summed E-state index contributed by atoms with van der Waals surface area (Å²) in [6.45, 7) is 2.09. The van der Waals surface area contributed by atoms with E-state index < -0.39 is 0 Å². The quantitative estimate of drug-likeness (QED) is 0.863. The monoisotopic (exact) mass is 315 g/mol. The third-order valence-corrected chi connectivity index (χ3v) is 5.52. The first kappa shape index (κ1) is 15.1. The van der Waals surface area contributed by atoms with Gasteiger partial charge in [-0.2, -0.15) is 0 Å². The van der Waals surface area contributed by atoms with Crippen molar-refractivity contribution in [3.8, 4) is 11.1 Å². The SMILES string of the molecule is CCc1sc(N)c(C(=O)OC)c1-c1ccc2c(c1)CCCC2. The molecule has 0 fully saturated rings. The number of ether oxygens (including phenoxy) is 1. The van der Waals surface area contributed by atoms with Gasteiger partial charge in [0, 0.05) is 10.4 Å². The van der Waals surface area contributed by atoms with E-state index in [1.807, 2.05) is 0 Å². The molecule has 3 nitrogen and oxygen atoms in total. The van der Waals surface area contributed by atoms with E-state index in [0.29, 0.717) is 10.6 Å². The zero-order valence-electron chi connectivity index (χ0n) is 13.1. The molecule has 0 amide bonds. The first-order valence-electron chi connectivity index (χ1n) is 7.77. The molecule has 1 aromatic carbocycles. The molecule has 0 saturated carbocycles. The van der Waals surface area contributed by atoms with E-state index in [9.17, 15) is 4.79 Å². The van der Waals surface area contributed by atoms with Gasteiger partial charge >= 0.3 is 5.97 Å². The molecular formula is C18H21NO2S. The van der Waals surface area contributed by atoms with Crippen molar-refractivity contribution in [3.05, 3.63) is 39.8 Å². The Morgan fingerprint density at radius 2 is 2.00 bits per heavy atom. The Hall–Kier alpha value is -1.81. The molecule has 0 unspecified atom stereocenters. The van der Waals surface area contributed by atoms with Crippen molar-refractivity contribution in [2.45, 2.75) is 39.0 Å². The van der Waals surface area contributed by atoms with Crippen LogP contribution in [0, 0.1) is 0 Å². The number of rotatable bonds is 3. The first-order valence-corrected chi connectivity index (χ1v) is 8.59. The summed E-state index contributed by atoms with van der Waals surface area (Å²) in [5, 5.41) is 0.552. The molecule has 4 heteroatoms. The Balaban J connectivity index is 2.16. The summed E-state index contributed by atoms with van der Waals surface area (Å²) in [6.07, 6.45) is 5.65. The highest BCUT2D eigenvalue weighted by atomic mass is 32.1. The number of nitrogens with two attached hydrogens (primary N) is 1. The lowest BCUT2D eigenvalue weighted by Gasteiger charge is -2.17. The van der Waals surface area contributed by atoms with E-state index in [2.05, 4.69) is 25.1 Å². The van der Waals surface area contributed by atoms with E-state index in [1.54, 1.807) is 0 Å². The lowest BCUT2D eigenvalue weighted by molar-refractivity contribution is 0.0603. The number of benzene rings is 1. The molecule has 1 aliphatic rings. The largest absolute Gasteiger partial charge is 0.465 e. The number of methoxy groups -OCH3 is 1. The lowest BCUT2D eigenvalue weighted by Crippen LogP contribution is -2.06. The van der Waals surface area contributed by atoms with Gasteiger partial charge in [-0.3, -0.25) is 0 Å². The van der Waals surface area contributed by atoms with Gasteiger partial charge in [-0.25, -0.2) is 4.79 Å². The van der Waals surface area contributed by atoms with Crippen LogP contribution in [0.2, 0.25) is 0 Å². The second kappa shape index (κ2) is 6.13. The minimum Gasteiger partial charge on any atom is -0.465 e. The fourth-order valence-corrected chi connectivity index (χ4v) is 4.26. The van der Waals surface area contributed by atoms with E-state index in [-0.39, 0.29) is 5.97 Å². The van der Waals surface area contributed by atoms with Crippen molar-refractivity contribution >= 4 is 22.3 Å². The molecule has 0 aliphatic heterocycles. The van der Waals surface area contributed by atoms with E-state index in [0.717, 1.165) is 35.3 Å². The van der Waals surface area contributed by atoms with Gasteiger partial charge in [0.25, 0.3) is 0 Å². The van der Waals surface area contributed by atoms with Crippen LogP contribution in [0.4, 0.5) is 5.00 Å². The molecule has 0 bridgehead atoms. The van der Waals surface area contributed by atoms with Gasteiger partial charge < -0.3 is 10.5 Å². The average molecular weight is 315 g/mol. The van der Waals surface area contributed by atoms with Crippen molar-refractivity contribution in [3.63, 3.8) is 0 Å². The fraction of sp³-hybridized carbons (Fsp3) is 0.389. The van der Waals surface area contributed by atoms with Crippen molar-refractivity contribution in [2.75, 3.05) is 12.8 Å². The highest BCUT2D eigenvalue weighted by Gasteiger charge is 2.24. The zero-order chi connectivity index (χ0) is 15.7. The Labute approximate surface area is 135 Å². The van der Waals surface area contributed by atoms with Crippen LogP contribution in [0.3, 0.4) is 0 Å². The number of thiophene rings is 1. The standard InChI is InChI=1S/C18H21NO2S/c1-3-14-15(16(17(19)22-14)18(20)21-2)13-9-8-11-6-4-5-7-12(11)10-13/h8-10H,3-7,19H2,1-2H3. The van der Waals surface area contributed by atoms with Crippen LogP contribution in [0.1, 0.15) is 46.1 Å². The molecule has 0 spiro atoms. The minimum absolute atomic E-state index is 0.346. The predicted molar refractivity (Wildman–Crippen MR) is 91.5 cm³/mol. The van der Waals surface area contributed by atoms with Gasteiger partial charge in [-0.15, -0.1) is 11.3 Å². The highest BCUT2D eigenvalue weighted by molar-refractivity contribution is 7.17. The average Bonchev–Trinajstić information content (AvgIpc) is 2.90. The molecular weight excluding hydrogens is 294 g/mol. The fourth-order valence-electron chi connectivity index (χ4n) is 3.25. The number of fused-ring (bicyclic) bond motifs is 1. The van der Waals surface area contributed by atoms with Crippen molar-refractivity contribution in [1.82, 2.24) is 0 Å².